The number of rotatable bonds is 3. The number of aryl methyl sites for hydroxylation is 1. The van der Waals surface area contributed by atoms with E-state index in [0.29, 0.717) is 17.0 Å². The van der Waals surface area contributed by atoms with Crippen LogP contribution >= 0.6 is 0 Å². The van der Waals surface area contributed by atoms with Crippen LogP contribution in [0.5, 0.6) is 0 Å². The molecular weight excluding hydrogens is 290 g/mol. The predicted molar refractivity (Wildman–Crippen MR) is 84.8 cm³/mol. The van der Waals surface area contributed by atoms with Crippen molar-refractivity contribution in [1.29, 1.82) is 10.5 Å². The van der Waals surface area contributed by atoms with E-state index >= 15 is 0 Å². The molecule has 112 valence electrons. The van der Waals surface area contributed by atoms with E-state index in [-0.39, 0.29) is 6.04 Å². The van der Waals surface area contributed by atoms with Crippen molar-refractivity contribution in [1.82, 2.24) is 19.7 Å². The Bertz CT molecular complexity index is 959. The number of aromatic nitrogens is 4. The summed E-state index contributed by atoms with van der Waals surface area (Å²) in [4.78, 5) is 8.66. The minimum atomic E-state index is -0.311. The van der Waals surface area contributed by atoms with Crippen molar-refractivity contribution in [3.8, 4) is 18.0 Å². The molecule has 0 aliphatic heterocycles. The summed E-state index contributed by atoms with van der Waals surface area (Å²) >= 11 is 0. The van der Waals surface area contributed by atoms with Gasteiger partial charge in [0.05, 0.1) is 17.8 Å². The van der Waals surface area contributed by atoms with E-state index in [1.165, 1.54) is 6.20 Å². The van der Waals surface area contributed by atoms with Crippen LogP contribution < -0.4 is 5.32 Å². The highest BCUT2D eigenvalue weighted by Gasteiger charge is 2.11. The van der Waals surface area contributed by atoms with E-state index in [4.69, 9.17) is 10.5 Å². The Morgan fingerprint density at radius 2 is 2.00 bits per heavy atom. The van der Waals surface area contributed by atoms with Gasteiger partial charge >= 0.3 is 0 Å². The molecule has 23 heavy (non-hydrogen) atoms. The summed E-state index contributed by atoms with van der Waals surface area (Å²) in [6.07, 6.45) is 4.88. The Kier molecular flexibility index (Phi) is 3.62. The van der Waals surface area contributed by atoms with Gasteiger partial charge in [-0.05, 0) is 25.5 Å². The Morgan fingerprint density at radius 1 is 1.17 bits per heavy atom. The first-order valence-electron chi connectivity index (χ1n) is 6.99. The summed E-state index contributed by atoms with van der Waals surface area (Å²) in [7, 11) is 0. The number of nitrogens with one attached hydrogen (secondary N) is 1. The maximum absolute atomic E-state index is 8.95. The van der Waals surface area contributed by atoms with Crippen molar-refractivity contribution >= 4 is 16.7 Å². The molecule has 0 bridgehead atoms. The highest BCUT2D eigenvalue weighted by molar-refractivity contribution is 5.77. The number of nitrogens with zero attached hydrogens (tertiary/aromatic N) is 6. The molecule has 3 aromatic heterocycles. The predicted octanol–water partition coefficient (Wildman–Crippen LogP) is 2.32. The molecule has 0 saturated carbocycles. The van der Waals surface area contributed by atoms with Crippen LogP contribution in [0.15, 0.2) is 30.7 Å². The van der Waals surface area contributed by atoms with Gasteiger partial charge in [0.2, 0.25) is 0 Å². The minimum absolute atomic E-state index is 0.311. The zero-order valence-corrected chi connectivity index (χ0v) is 12.6. The van der Waals surface area contributed by atoms with Gasteiger partial charge in [-0.1, -0.05) is 0 Å². The molecule has 0 aliphatic rings. The van der Waals surface area contributed by atoms with Crippen LogP contribution in [-0.2, 0) is 0 Å². The molecule has 3 heterocycles. The van der Waals surface area contributed by atoms with Gasteiger partial charge in [-0.3, -0.25) is 0 Å². The van der Waals surface area contributed by atoms with E-state index in [1.807, 2.05) is 13.0 Å². The number of hydrogen-bond donors (Lipinski definition) is 1. The normalized spacial score (nSPS) is 11.7. The molecule has 7 heteroatoms. The lowest BCUT2D eigenvalue weighted by Crippen LogP contribution is -2.14. The number of anilines is 1. The summed E-state index contributed by atoms with van der Waals surface area (Å²) in [6.45, 7) is 3.70. The largest absolute Gasteiger partial charge is 0.370 e. The van der Waals surface area contributed by atoms with Crippen LogP contribution in [0.2, 0.25) is 0 Å². The molecule has 0 aromatic carbocycles. The molecule has 3 aromatic rings. The smallest absolute Gasteiger partial charge is 0.164 e. The molecule has 7 nitrogen and oxygen atoms in total. The SMILES string of the molecule is Cc1cnc(-n2ncc3cc(C#N)cnc32)cc1N[C@H](C)C#N. The van der Waals surface area contributed by atoms with Crippen LogP contribution in [-0.4, -0.2) is 25.8 Å². The second-order valence-corrected chi connectivity index (χ2v) is 5.16. The standard InChI is InChI=1S/C16H13N7/c1-10-7-19-15(4-14(10)22-11(2)5-17)23-16-13(9-21-23)3-12(6-18)8-20-16/h3-4,7-9,11H,1-2H3,(H,19,22)/t11-/m1/s1. The van der Waals surface area contributed by atoms with E-state index in [2.05, 4.69) is 32.5 Å². The first-order chi connectivity index (χ1) is 11.1. The van der Waals surface area contributed by atoms with Crippen LogP contribution in [0.1, 0.15) is 18.1 Å². The van der Waals surface area contributed by atoms with Crippen molar-refractivity contribution in [2.24, 2.45) is 0 Å². The third-order valence-electron chi connectivity index (χ3n) is 3.41. The fourth-order valence-corrected chi connectivity index (χ4v) is 2.20. The first kappa shape index (κ1) is 14.5. The topological polar surface area (TPSA) is 103 Å². The lowest BCUT2D eigenvalue weighted by molar-refractivity contribution is 0.860. The zero-order valence-electron chi connectivity index (χ0n) is 12.6. The third kappa shape index (κ3) is 2.68. The van der Waals surface area contributed by atoms with E-state index in [0.717, 1.165) is 16.6 Å². The quantitative estimate of drug-likeness (QED) is 0.796. The van der Waals surface area contributed by atoms with Gasteiger partial charge in [0.25, 0.3) is 0 Å². The highest BCUT2D eigenvalue weighted by atomic mass is 15.3. The fourth-order valence-electron chi connectivity index (χ4n) is 2.20. The lowest BCUT2D eigenvalue weighted by atomic mass is 10.2. The van der Waals surface area contributed by atoms with Gasteiger partial charge in [-0.2, -0.15) is 20.3 Å². The van der Waals surface area contributed by atoms with Crippen molar-refractivity contribution in [3.05, 3.63) is 41.9 Å². The molecule has 0 radical (unpaired) electrons. The van der Waals surface area contributed by atoms with Gasteiger partial charge in [-0.25, -0.2) is 9.97 Å². The van der Waals surface area contributed by atoms with Crippen molar-refractivity contribution in [3.63, 3.8) is 0 Å². The molecule has 3 rings (SSSR count). The Hall–Kier alpha value is -3.45. The average molecular weight is 303 g/mol. The summed E-state index contributed by atoms with van der Waals surface area (Å²) in [6, 6.07) is 7.45. The second kappa shape index (κ2) is 5.74. The molecule has 1 atom stereocenters. The maximum atomic E-state index is 8.95. The number of hydrogen-bond acceptors (Lipinski definition) is 6. The first-order valence-corrected chi connectivity index (χ1v) is 6.99. The molecular formula is C16H13N7. The molecule has 1 N–H and O–H groups in total. The van der Waals surface area contributed by atoms with E-state index in [9.17, 15) is 0 Å². The molecule has 0 saturated heterocycles. The summed E-state index contributed by atoms with van der Waals surface area (Å²) in [5.41, 5.74) is 2.87. The monoisotopic (exact) mass is 303 g/mol. The van der Waals surface area contributed by atoms with Crippen LogP contribution in [0.4, 0.5) is 5.69 Å². The van der Waals surface area contributed by atoms with E-state index in [1.54, 1.807) is 30.1 Å². The van der Waals surface area contributed by atoms with E-state index < -0.39 is 0 Å². The van der Waals surface area contributed by atoms with Crippen LogP contribution in [0.25, 0.3) is 16.9 Å². The molecule has 0 unspecified atom stereocenters. The Balaban J connectivity index is 2.07. The maximum Gasteiger partial charge on any atom is 0.164 e. The van der Waals surface area contributed by atoms with Crippen molar-refractivity contribution in [2.75, 3.05) is 5.32 Å². The second-order valence-electron chi connectivity index (χ2n) is 5.16. The summed E-state index contributed by atoms with van der Waals surface area (Å²) < 4.78 is 1.61. The van der Waals surface area contributed by atoms with Crippen LogP contribution in [0.3, 0.4) is 0 Å². The molecule has 0 spiro atoms. The molecule has 0 fully saturated rings. The van der Waals surface area contributed by atoms with Crippen molar-refractivity contribution < 1.29 is 0 Å². The van der Waals surface area contributed by atoms with Crippen molar-refractivity contribution in [2.45, 2.75) is 19.9 Å². The third-order valence-corrected chi connectivity index (χ3v) is 3.41. The number of fused-ring (bicyclic) bond motifs is 1. The molecule has 0 aliphatic carbocycles. The lowest BCUT2D eigenvalue weighted by Gasteiger charge is -2.12. The van der Waals surface area contributed by atoms with Gasteiger partial charge in [-0.15, -0.1) is 0 Å². The number of nitriles is 2. The highest BCUT2D eigenvalue weighted by Crippen LogP contribution is 2.21. The Labute approximate surface area is 132 Å². The van der Waals surface area contributed by atoms with Gasteiger partial charge < -0.3 is 5.32 Å². The van der Waals surface area contributed by atoms with Gasteiger partial charge in [0.1, 0.15) is 12.1 Å². The number of pyridine rings is 2. The molecule has 0 amide bonds. The van der Waals surface area contributed by atoms with Gasteiger partial charge in [0.15, 0.2) is 11.5 Å². The summed E-state index contributed by atoms with van der Waals surface area (Å²) in [5, 5.41) is 26.1. The fraction of sp³-hybridized carbons (Fsp3) is 0.188. The zero-order chi connectivity index (χ0) is 16.4. The summed E-state index contributed by atoms with van der Waals surface area (Å²) in [5.74, 6) is 0.593. The van der Waals surface area contributed by atoms with Crippen LogP contribution in [0, 0.1) is 29.6 Å². The van der Waals surface area contributed by atoms with Gasteiger partial charge in [0, 0.05) is 29.5 Å². The average Bonchev–Trinajstić information content (AvgIpc) is 2.99. The minimum Gasteiger partial charge on any atom is -0.370 e. The Morgan fingerprint density at radius 3 is 2.74 bits per heavy atom.